The largest absolute Gasteiger partial charge is 0.845 e. The molecule has 41 heavy (non-hydrogen) atoms. The maximum absolute atomic E-state index is 13.9. The van der Waals surface area contributed by atoms with E-state index >= 15 is 0 Å². The fourth-order valence-corrected chi connectivity index (χ4v) is 4.63. The molecule has 0 aliphatic carbocycles. The van der Waals surface area contributed by atoms with Gasteiger partial charge in [-0.3, -0.25) is 10.4 Å². The summed E-state index contributed by atoms with van der Waals surface area (Å²) in [4.78, 5) is 36.9. The van der Waals surface area contributed by atoms with Gasteiger partial charge in [0, 0.05) is 17.8 Å². The van der Waals surface area contributed by atoms with Gasteiger partial charge in [-0.05, 0) is 46.5 Å². The van der Waals surface area contributed by atoms with E-state index in [0.29, 0.717) is 16.5 Å². The maximum Gasteiger partial charge on any atom is 0.333 e. The summed E-state index contributed by atoms with van der Waals surface area (Å²) in [6, 6.07) is 23.1. The molecule has 1 aliphatic heterocycles. The summed E-state index contributed by atoms with van der Waals surface area (Å²) in [6.07, 6.45) is 6.31. The van der Waals surface area contributed by atoms with Gasteiger partial charge in [-0.2, -0.15) is 14.6 Å². The van der Waals surface area contributed by atoms with Gasteiger partial charge >= 0.3 is 11.8 Å². The number of amidine groups is 1. The number of anilines is 1. The second-order valence-electron chi connectivity index (χ2n) is 9.17. The molecule has 0 radical (unpaired) electrons. The van der Waals surface area contributed by atoms with Crippen LogP contribution in [0.3, 0.4) is 0 Å². The van der Waals surface area contributed by atoms with Gasteiger partial charge in [0.1, 0.15) is 11.7 Å². The average molecular weight is 565 g/mol. The minimum absolute atomic E-state index is 0.208. The third-order valence-corrected chi connectivity index (χ3v) is 6.64. The number of nitrogens with zero attached hydrogens (tertiary/aromatic N) is 5. The number of hydrazone groups is 1. The van der Waals surface area contributed by atoms with E-state index in [1.165, 1.54) is 16.9 Å². The molecule has 3 heterocycles. The molecule has 0 fully saturated rings. The number of hydrogen-bond acceptors (Lipinski definition) is 6. The van der Waals surface area contributed by atoms with Crippen molar-refractivity contribution in [3.05, 3.63) is 126 Å². The Hall–Kier alpha value is -5.15. The van der Waals surface area contributed by atoms with Crippen LogP contribution in [0.4, 0.5) is 5.82 Å². The van der Waals surface area contributed by atoms with E-state index in [-0.39, 0.29) is 24.9 Å². The first-order chi connectivity index (χ1) is 19.9. The van der Waals surface area contributed by atoms with Crippen LogP contribution in [0.5, 0.6) is 0 Å². The van der Waals surface area contributed by atoms with Crippen LogP contribution >= 0.6 is 11.6 Å². The van der Waals surface area contributed by atoms with Crippen LogP contribution < -0.4 is 20.0 Å². The molecule has 1 aliphatic rings. The Kier molecular flexibility index (Phi) is 8.26. The van der Waals surface area contributed by atoms with Crippen LogP contribution in [0.2, 0.25) is 5.15 Å². The Balaban J connectivity index is 1.44. The van der Waals surface area contributed by atoms with Crippen LogP contribution in [0.25, 0.3) is 11.1 Å². The Morgan fingerprint density at radius 1 is 1.07 bits per heavy atom. The molecule has 9 nitrogen and oxygen atoms in total. The first-order valence-electron chi connectivity index (χ1n) is 12.7. The second kappa shape index (κ2) is 12.4. The quantitative estimate of drug-likeness (QED) is 0.0669. The lowest BCUT2D eigenvalue weighted by Gasteiger charge is -2.26. The van der Waals surface area contributed by atoms with Crippen molar-refractivity contribution in [3.63, 3.8) is 0 Å². The summed E-state index contributed by atoms with van der Waals surface area (Å²) in [7, 11) is 0. The summed E-state index contributed by atoms with van der Waals surface area (Å²) in [5.41, 5.74) is 6.12. The van der Waals surface area contributed by atoms with E-state index in [1.807, 2.05) is 42.5 Å². The molecule has 0 saturated heterocycles. The van der Waals surface area contributed by atoms with Crippen molar-refractivity contribution in [2.75, 3.05) is 11.4 Å². The van der Waals surface area contributed by atoms with Gasteiger partial charge in [-0.1, -0.05) is 66.2 Å². The van der Waals surface area contributed by atoms with Crippen LogP contribution in [-0.2, 0) is 11.3 Å². The first kappa shape index (κ1) is 27.4. The Morgan fingerprint density at radius 2 is 1.88 bits per heavy atom. The standard InChI is InChI=1S/C31H25ClN6O3/c1-2-14-33-31(41)36-35-19-21-7-5-8-23(16-21)24-9-6-10-25(17-24)28-29(39)37-15-4-3-11-27(37)38(30(28)40)20-22-12-13-26(32)34-18-22/h2-13,15-19,28H,1,14,20H2,(H-,33,36,41)/b35-19+. The smallest absolute Gasteiger partial charge is 0.333 e. The molecule has 10 heteroatoms. The van der Waals surface area contributed by atoms with E-state index < -0.39 is 11.9 Å². The van der Waals surface area contributed by atoms with Crippen molar-refractivity contribution in [1.82, 2.24) is 10.4 Å². The van der Waals surface area contributed by atoms with E-state index in [2.05, 4.69) is 27.1 Å². The molecular formula is C31H25ClN6O3. The maximum atomic E-state index is 13.9. The lowest BCUT2D eigenvalue weighted by atomic mass is 9.91. The molecule has 204 valence electrons. The number of aromatic nitrogens is 2. The normalized spacial score (nSPS) is 15.2. The zero-order valence-corrected chi connectivity index (χ0v) is 22.6. The van der Waals surface area contributed by atoms with Gasteiger partial charge in [-0.25, -0.2) is 14.6 Å². The number of pyridine rings is 2. The van der Waals surface area contributed by atoms with Gasteiger partial charge in [0.15, 0.2) is 5.92 Å². The van der Waals surface area contributed by atoms with Gasteiger partial charge < -0.3 is 5.11 Å². The van der Waals surface area contributed by atoms with Crippen LogP contribution in [0.1, 0.15) is 27.4 Å². The lowest BCUT2D eigenvalue weighted by molar-refractivity contribution is -0.563. The van der Waals surface area contributed by atoms with Crippen molar-refractivity contribution >= 4 is 41.5 Å². The first-order valence-corrected chi connectivity index (χ1v) is 13.1. The Labute approximate surface area is 241 Å². The number of benzene rings is 2. The Morgan fingerprint density at radius 3 is 2.66 bits per heavy atom. The van der Waals surface area contributed by atoms with Crippen molar-refractivity contribution in [2.45, 2.75) is 12.5 Å². The van der Waals surface area contributed by atoms with Crippen molar-refractivity contribution < 1.29 is 19.3 Å². The molecule has 5 rings (SSSR count). The van der Waals surface area contributed by atoms with Crippen LogP contribution in [0, 0.1) is 0 Å². The molecular weight excluding hydrogens is 540 g/mol. The van der Waals surface area contributed by atoms with Crippen molar-refractivity contribution in [1.29, 1.82) is 0 Å². The minimum Gasteiger partial charge on any atom is -0.845 e. The molecule has 1 amide bonds. The van der Waals surface area contributed by atoms with Gasteiger partial charge in [-0.15, -0.1) is 6.58 Å². The zero-order valence-electron chi connectivity index (χ0n) is 21.9. The molecule has 2 aromatic carbocycles. The molecule has 0 saturated carbocycles. The average Bonchev–Trinajstić information content (AvgIpc) is 2.99. The van der Waals surface area contributed by atoms with Crippen LogP contribution in [0.15, 0.2) is 114 Å². The van der Waals surface area contributed by atoms with Crippen molar-refractivity contribution in [2.24, 2.45) is 10.1 Å². The topological polar surface area (TPSA) is 114 Å². The number of nitrogens with one attached hydrogen (secondary N) is 1. The lowest BCUT2D eigenvalue weighted by Crippen LogP contribution is -2.59. The summed E-state index contributed by atoms with van der Waals surface area (Å²) < 4.78 is 1.51. The predicted molar refractivity (Wildman–Crippen MR) is 156 cm³/mol. The molecule has 1 unspecified atom stereocenters. The van der Waals surface area contributed by atoms with Gasteiger partial charge in [0.2, 0.25) is 0 Å². The third kappa shape index (κ3) is 6.21. The highest BCUT2D eigenvalue weighted by Crippen LogP contribution is 2.31. The number of aliphatic imine (C=N–C) groups is 1. The molecule has 0 spiro atoms. The summed E-state index contributed by atoms with van der Waals surface area (Å²) >= 11 is 5.94. The number of halogens is 1. The minimum atomic E-state index is -1.03. The van der Waals surface area contributed by atoms with E-state index in [1.54, 1.807) is 53.7 Å². The second-order valence-corrected chi connectivity index (χ2v) is 9.56. The number of fused-ring (bicyclic) bond motifs is 1. The molecule has 1 N–H and O–H groups in total. The molecule has 0 bridgehead atoms. The van der Waals surface area contributed by atoms with Gasteiger partial charge in [0.25, 0.3) is 5.82 Å². The number of amides is 1. The summed E-state index contributed by atoms with van der Waals surface area (Å²) in [5, 5.41) is 15.9. The van der Waals surface area contributed by atoms with E-state index in [0.717, 1.165) is 22.3 Å². The van der Waals surface area contributed by atoms with E-state index in [9.17, 15) is 14.7 Å². The third-order valence-electron chi connectivity index (χ3n) is 6.42. The van der Waals surface area contributed by atoms with Crippen LogP contribution in [-0.4, -0.2) is 35.6 Å². The monoisotopic (exact) mass is 564 g/mol. The number of rotatable bonds is 8. The highest BCUT2D eigenvalue weighted by Gasteiger charge is 2.47. The zero-order chi connectivity index (χ0) is 28.8. The highest BCUT2D eigenvalue weighted by atomic mass is 35.5. The van der Waals surface area contributed by atoms with Crippen molar-refractivity contribution in [3.8, 4) is 11.1 Å². The van der Waals surface area contributed by atoms with Gasteiger partial charge in [0.05, 0.1) is 25.0 Å². The Bertz CT molecular complexity index is 1670. The fourth-order valence-electron chi connectivity index (χ4n) is 4.52. The highest BCUT2D eigenvalue weighted by molar-refractivity contribution is 6.29. The SMILES string of the molecule is C=CCN=C([O-])N/N=C/c1cccc(-c2cccc(C3C(=O)N(Cc4ccc(Cl)nc4)c4cccc[n+]4C3=O)c2)c1. The number of carbonyl (C=O) groups is 2. The molecule has 4 aromatic rings. The molecule has 2 aromatic heterocycles. The molecule has 1 atom stereocenters. The number of hydrogen-bond donors (Lipinski definition) is 1. The predicted octanol–water partition coefficient (Wildman–Crippen LogP) is 3.49. The summed E-state index contributed by atoms with van der Waals surface area (Å²) in [5.74, 6) is -1.20. The number of carbonyl (C=O) groups excluding carboxylic acids is 2. The summed E-state index contributed by atoms with van der Waals surface area (Å²) in [6.45, 7) is 3.96. The fraction of sp³-hybridized carbons (Fsp3) is 0.0968. The van der Waals surface area contributed by atoms with E-state index in [4.69, 9.17) is 11.6 Å².